The fourth-order valence-corrected chi connectivity index (χ4v) is 5.37. The van der Waals surface area contributed by atoms with E-state index in [1.165, 1.54) is 22.6 Å². The van der Waals surface area contributed by atoms with Gasteiger partial charge in [0, 0.05) is 19.5 Å². The van der Waals surface area contributed by atoms with Crippen LogP contribution >= 0.6 is 0 Å². The minimum atomic E-state index is -0.987. The number of halogens is 1. The minimum absolute atomic E-state index is 0.0206. The molecule has 1 atom stereocenters. The minimum Gasteiger partial charge on any atom is -0.322 e. The van der Waals surface area contributed by atoms with E-state index in [1.807, 2.05) is 37.2 Å². The molecule has 2 saturated heterocycles. The van der Waals surface area contributed by atoms with Crippen LogP contribution in [0, 0.1) is 11.7 Å². The monoisotopic (exact) mass is 492 g/mol. The second-order valence-electron chi connectivity index (χ2n) is 10.2. The van der Waals surface area contributed by atoms with Crippen molar-refractivity contribution >= 4 is 18.0 Å². The van der Waals surface area contributed by atoms with Crippen LogP contribution in [0.5, 0.6) is 0 Å². The van der Waals surface area contributed by atoms with Crippen molar-refractivity contribution in [3.63, 3.8) is 0 Å². The maximum absolute atomic E-state index is 13.8. The van der Waals surface area contributed by atoms with Gasteiger partial charge in [0.2, 0.25) is 0 Å². The Hall–Kier alpha value is -3.03. The highest BCUT2D eigenvalue weighted by Crippen LogP contribution is 2.36. The molecule has 1 unspecified atom stereocenters. The van der Waals surface area contributed by atoms with Crippen molar-refractivity contribution in [1.29, 1.82) is 0 Å². The third kappa shape index (κ3) is 6.20. The van der Waals surface area contributed by atoms with Crippen LogP contribution in [-0.2, 0) is 11.2 Å². The Balaban J connectivity index is 1.46. The van der Waals surface area contributed by atoms with Gasteiger partial charge in [0.15, 0.2) is 0 Å². The summed E-state index contributed by atoms with van der Waals surface area (Å²) in [7, 11) is 3.96. The predicted molar refractivity (Wildman–Crippen MR) is 141 cm³/mol. The molecule has 0 radical (unpaired) electrons. The standard InChI is InChI=1S/C29H37FN4O2/c1-32(2)17-7-19-34-27(35)29(31-28(34)36,22-24-11-13-26(30)14-12-24)25-15-20-33(21-16-25)18-6-10-23-8-4-3-5-9-23/h3-6,8-14,25H,7,15-22H2,1-2H3,(H,31,36). The second-order valence-corrected chi connectivity index (χ2v) is 10.2. The van der Waals surface area contributed by atoms with Crippen LogP contribution in [0.3, 0.4) is 0 Å². The summed E-state index contributed by atoms with van der Waals surface area (Å²) >= 11 is 0. The predicted octanol–water partition coefficient (Wildman–Crippen LogP) is 4.04. The second kappa shape index (κ2) is 11.8. The molecule has 2 fully saturated rings. The van der Waals surface area contributed by atoms with Crippen LogP contribution in [0.25, 0.3) is 6.08 Å². The molecular weight excluding hydrogens is 455 g/mol. The van der Waals surface area contributed by atoms with Crippen LogP contribution in [-0.4, -0.2) is 79.0 Å². The van der Waals surface area contributed by atoms with Gasteiger partial charge in [-0.2, -0.15) is 0 Å². The molecule has 4 rings (SSSR count). The van der Waals surface area contributed by atoms with Gasteiger partial charge in [-0.15, -0.1) is 0 Å². The molecule has 2 aliphatic rings. The quantitative estimate of drug-likeness (QED) is 0.509. The van der Waals surface area contributed by atoms with Crippen molar-refractivity contribution < 1.29 is 14.0 Å². The topological polar surface area (TPSA) is 55.9 Å². The number of nitrogens with one attached hydrogen (secondary N) is 1. The van der Waals surface area contributed by atoms with E-state index < -0.39 is 5.54 Å². The first-order chi connectivity index (χ1) is 17.4. The van der Waals surface area contributed by atoms with Crippen LogP contribution in [0.2, 0.25) is 0 Å². The largest absolute Gasteiger partial charge is 0.325 e. The summed E-state index contributed by atoms with van der Waals surface area (Å²) in [5, 5.41) is 3.12. The summed E-state index contributed by atoms with van der Waals surface area (Å²) in [6, 6.07) is 16.2. The first kappa shape index (κ1) is 26.0. The lowest BCUT2D eigenvalue weighted by Gasteiger charge is -2.41. The Morgan fingerprint density at radius 1 is 1.06 bits per heavy atom. The third-order valence-corrected chi connectivity index (χ3v) is 7.34. The Kier molecular flexibility index (Phi) is 8.54. The zero-order valence-electron chi connectivity index (χ0n) is 21.3. The van der Waals surface area contributed by atoms with Gasteiger partial charge in [-0.25, -0.2) is 9.18 Å². The van der Waals surface area contributed by atoms with E-state index in [1.54, 1.807) is 12.1 Å². The SMILES string of the molecule is CN(C)CCCN1C(=O)NC(Cc2ccc(F)cc2)(C2CCN(CC=Cc3ccccc3)CC2)C1=O. The van der Waals surface area contributed by atoms with Crippen molar-refractivity contribution in [2.45, 2.75) is 31.2 Å². The normalized spacial score (nSPS) is 21.6. The van der Waals surface area contributed by atoms with E-state index in [-0.39, 0.29) is 23.7 Å². The van der Waals surface area contributed by atoms with E-state index in [2.05, 4.69) is 34.5 Å². The Morgan fingerprint density at radius 2 is 1.75 bits per heavy atom. The number of piperidine rings is 1. The fraction of sp³-hybridized carbons (Fsp3) is 0.448. The van der Waals surface area contributed by atoms with E-state index in [0.717, 1.165) is 51.0 Å². The van der Waals surface area contributed by atoms with Crippen molar-refractivity contribution in [3.8, 4) is 0 Å². The molecule has 36 heavy (non-hydrogen) atoms. The number of hydrogen-bond donors (Lipinski definition) is 1. The number of benzene rings is 2. The number of likely N-dealkylation sites (tertiary alicyclic amines) is 1. The summed E-state index contributed by atoms with van der Waals surface area (Å²) in [6.45, 7) is 3.77. The lowest BCUT2D eigenvalue weighted by Crippen LogP contribution is -2.57. The molecule has 0 saturated carbocycles. The number of rotatable bonds is 10. The Bertz CT molecular complexity index is 1050. The smallest absolute Gasteiger partial charge is 0.322 e. The van der Waals surface area contributed by atoms with Gasteiger partial charge < -0.3 is 10.2 Å². The number of carbonyl (C=O) groups excluding carboxylic acids is 2. The van der Waals surface area contributed by atoms with Gasteiger partial charge >= 0.3 is 6.03 Å². The van der Waals surface area contributed by atoms with Crippen molar-refractivity contribution in [2.75, 3.05) is 46.8 Å². The summed E-state index contributed by atoms with van der Waals surface area (Å²) in [5.74, 6) is -0.429. The Morgan fingerprint density at radius 3 is 2.42 bits per heavy atom. The van der Waals surface area contributed by atoms with Crippen molar-refractivity contribution in [3.05, 3.63) is 77.6 Å². The van der Waals surface area contributed by atoms with Gasteiger partial charge in [-0.05, 0) is 82.2 Å². The number of urea groups is 1. The molecule has 6 nitrogen and oxygen atoms in total. The highest BCUT2D eigenvalue weighted by atomic mass is 19.1. The van der Waals surface area contributed by atoms with Gasteiger partial charge in [-0.3, -0.25) is 14.6 Å². The maximum atomic E-state index is 13.8. The molecule has 3 amide bonds. The van der Waals surface area contributed by atoms with E-state index in [0.29, 0.717) is 13.0 Å². The van der Waals surface area contributed by atoms with Crippen LogP contribution in [0.4, 0.5) is 9.18 Å². The van der Waals surface area contributed by atoms with E-state index in [9.17, 15) is 14.0 Å². The summed E-state index contributed by atoms with van der Waals surface area (Å²) in [6.07, 6.45) is 7.05. The lowest BCUT2D eigenvalue weighted by atomic mass is 9.74. The first-order valence-electron chi connectivity index (χ1n) is 12.8. The maximum Gasteiger partial charge on any atom is 0.325 e. The number of imide groups is 1. The zero-order chi connectivity index (χ0) is 25.5. The van der Waals surface area contributed by atoms with Crippen molar-refractivity contribution in [2.24, 2.45) is 5.92 Å². The molecule has 7 heteroatoms. The molecule has 0 aliphatic carbocycles. The molecule has 0 spiro atoms. The van der Waals surface area contributed by atoms with E-state index >= 15 is 0 Å². The molecule has 0 bridgehead atoms. The Labute approximate surface area is 213 Å². The molecule has 192 valence electrons. The molecular formula is C29H37FN4O2. The van der Waals surface area contributed by atoms with E-state index in [4.69, 9.17) is 0 Å². The van der Waals surface area contributed by atoms with Crippen LogP contribution < -0.4 is 5.32 Å². The van der Waals surface area contributed by atoms with Gasteiger partial charge in [0.25, 0.3) is 5.91 Å². The van der Waals surface area contributed by atoms with Crippen LogP contribution in [0.15, 0.2) is 60.7 Å². The molecule has 2 aromatic rings. The highest BCUT2D eigenvalue weighted by molar-refractivity contribution is 6.07. The number of nitrogens with zero attached hydrogens (tertiary/aromatic N) is 3. The number of hydrogen-bond acceptors (Lipinski definition) is 4. The summed E-state index contributed by atoms with van der Waals surface area (Å²) in [4.78, 5) is 32.7. The van der Waals surface area contributed by atoms with Crippen LogP contribution in [0.1, 0.15) is 30.4 Å². The fourth-order valence-electron chi connectivity index (χ4n) is 5.37. The number of amides is 3. The molecule has 0 aromatic heterocycles. The highest BCUT2D eigenvalue weighted by Gasteiger charge is 2.55. The molecule has 1 N–H and O–H groups in total. The molecule has 2 aromatic carbocycles. The first-order valence-corrected chi connectivity index (χ1v) is 12.8. The van der Waals surface area contributed by atoms with Gasteiger partial charge in [0.1, 0.15) is 11.4 Å². The summed E-state index contributed by atoms with van der Waals surface area (Å²) < 4.78 is 13.5. The average Bonchev–Trinajstić information content (AvgIpc) is 3.11. The number of carbonyl (C=O) groups is 2. The summed E-state index contributed by atoms with van der Waals surface area (Å²) in [5.41, 5.74) is 1.05. The lowest BCUT2D eigenvalue weighted by molar-refractivity contribution is -0.134. The van der Waals surface area contributed by atoms with Gasteiger partial charge in [0.05, 0.1) is 0 Å². The average molecular weight is 493 g/mol. The molecule has 2 heterocycles. The van der Waals surface area contributed by atoms with Gasteiger partial charge in [-0.1, -0.05) is 54.6 Å². The molecule has 2 aliphatic heterocycles. The van der Waals surface area contributed by atoms with Crippen molar-refractivity contribution in [1.82, 2.24) is 20.0 Å². The zero-order valence-corrected chi connectivity index (χ0v) is 21.3. The third-order valence-electron chi connectivity index (χ3n) is 7.34.